The third-order valence-electron chi connectivity index (χ3n) is 5.76. The maximum atomic E-state index is 14.6. The molecule has 33 heavy (non-hydrogen) atoms. The van der Waals surface area contributed by atoms with Gasteiger partial charge in [0.25, 0.3) is 0 Å². The molecule has 0 saturated carbocycles. The quantitative estimate of drug-likeness (QED) is 0.440. The topological polar surface area (TPSA) is 70.9 Å². The number of halogens is 2. The zero-order valence-electron chi connectivity index (χ0n) is 18.6. The van der Waals surface area contributed by atoms with Crippen LogP contribution >= 0.6 is 12.4 Å². The van der Waals surface area contributed by atoms with E-state index in [2.05, 4.69) is 55.1 Å². The number of rotatable bonds is 5. The first-order chi connectivity index (χ1) is 15.6. The number of anilines is 3. The third kappa shape index (κ3) is 4.77. The number of nitrogens with one attached hydrogen (secondary N) is 2. The second-order valence-electron chi connectivity index (χ2n) is 8.24. The highest BCUT2D eigenvalue weighted by molar-refractivity contribution is 5.86. The lowest BCUT2D eigenvalue weighted by Crippen LogP contribution is -2.43. The van der Waals surface area contributed by atoms with Gasteiger partial charge in [-0.05, 0) is 44.2 Å². The van der Waals surface area contributed by atoms with Crippen molar-refractivity contribution in [3.8, 4) is 11.3 Å². The first-order valence-electron chi connectivity index (χ1n) is 10.9. The summed E-state index contributed by atoms with van der Waals surface area (Å²) in [7, 11) is 0. The molecule has 4 heterocycles. The van der Waals surface area contributed by atoms with Crippen molar-refractivity contribution in [3.05, 3.63) is 60.8 Å². The fourth-order valence-corrected chi connectivity index (χ4v) is 4.08. The molecule has 1 fully saturated rings. The normalized spacial score (nSPS) is 13.9. The number of aromatic nitrogens is 4. The molecule has 3 aromatic heterocycles. The smallest absolute Gasteiger partial charge is 0.229 e. The predicted molar refractivity (Wildman–Crippen MR) is 133 cm³/mol. The summed E-state index contributed by atoms with van der Waals surface area (Å²) in [5.74, 6) is 0.467. The maximum Gasteiger partial charge on any atom is 0.229 e. The van der Waals surface area contributed by atoms with Crippen LogP contribution in [-0.4, -0.2) is 45.7 Å². The van der Waals surface area contributed by atoms with E-state index in [1.54, 1.807) is 0 Å². The largest absolute Gasteiger partial charge is 0.368 e. The van der Waals surface area contributed by atoms with Crippen LogP contribution in [0, 0.1) is 5.82 Å². The highest BCUT2D eigenvalue weighted by Gasteiger charge is 2.14. The standard InChI is InChI=1S/C24H26FN7.ClH/c1-16(2)32-10-7-17-13-18(3-5-21(17)32)23-20(25)15-28-24(30-23)29-22-6-4-19(14-27-22)31-11-8-26-9-12-31;/h3-7,10,13-16,26H,8-9,11-12H2,1-2H3,(H,27,28,29,30);1H. The minimum atomic E-state index is -0.458. The van der Waals surface area contributed by atoms with Crippen LogP contribution in [0.1, 0.15) is 19.9 Å². The van der Waals surface area contributed by atoms with E-state index in [-0.39, 0.29) is 18.1 Å². The fraction of sp³-hybridized carbons (Fsp3) is 0.292. The minimum Gasteiger partial charge on any atom is -0.368 e. The first kappa shape index (κ1) is 22.9. The molecule has 0 atom stereocenters. The average Bonchev–Trinajstić information content (AvgIpc) is 3.25. The molecule has 0 aliphatic carbocycles. The molecule has 0 spiro atoms. The maximum absolute atomic E-state index is 14.6. The zero-order valence-corrected chi connectivity index (χ0v) is 19.4. The van der Waals surface area contributed by atoms with E-state index in [4.69, 9.17) is 0 Å². The number of benzene rings is 1. The summed E-state index contributed by atoms with van der Waals surface area (Å²) in [5, 5.41) is 7.49. The Morgan fingerprint density at radius 1 is 1.03 bits per heavy atom. The van der Waals surface area contributed by atoms with Crippen LogP contribution in [0.25, 0.3) is 22.2 Å². The van der Waals surface area contributed by atoms with Crippen LogP contribution in [0.2, 0.25) is 0 Å². The van der Waals surface area contributed by atoms with Crippen molar-refractivity contribution < 1.29 is 4.39 Å². The highest BCUT2D eigenvalue weighted by Crippen LogP contribution is 2.28. The van der Waals surface area contributed by atoms with Crippen LogP contribution in [-0.2, 0) is 0 Å². The Labute approximate surface area is 198 Å². The van der Waals surface area contributed by atoms with Crippen LogP contribution in [0.15, 0.2) is 55.0 Å². The SMILES string of the molecule is CC(C)n1ccc2cc(-c3nc(Nc4ccc(N5CCNCC5)cn4)ncc3F)ccc21.Cl. The van der Waals surface area contributed by atoms with E-state index in [0.717, 1.165) is 42.8 Å². The van der Waals surface area contributed by atoms with E-state index in [1.165, 1.54) is 6.20 Å². The molecule has 172 valence electrons. The lowest BCUT2D eigenvalue weighted by molar-refractivity contribution is 0.589. The van der Waals surface area contributed by atoms with E-state index in [0.29, 0.717) is 23.4 Å². The van der Waals surface area contributed by atoms with Gasteiger partial charge < -0.3 is 20.1 Å². The molecule has 1 saturated heterocycles. The van der Waals surface area contributed by atoms with E-state index < -0.39 is 5.82 Å². The molecule has 0 unspecified atom stereocenters. The van der Waals surface area contributed by atoms with Crippen LogP contribution in [0.4, 0.5) is 21.8 Å². The van der Waals surface area contributed by atoms with E-state index in [1.807, 2.05) is 42.6 Å². The van der Waals surface area contributed by atoms with Gasteiger partial charge in [-0.3, -0.25) is 0 Å². The average molecular weight is 468 g/mol. The zero-order chi connectivity index (χ0) is 22.1. The molecular weight excluding hydrogens is 441 g/mol. The number of piperazine rings is 1. The fourth-order valence-electron chi connectivity index (χ4n) is 4.08. The number of hydrogen-bond donors (Lipinski definition) is 2. The monoisotopic (exact) mass is 467 g/mol. The van der Waals surface area contributed by atoms with Crippen molar-refractivity contribution in [2.75, 3.05) is 36.4 Å². The summed E-state index contributed by atoms with van der Waals surface area (Å²) in [5.41, 5.74) is 3.17. The number of hydrogen-bond acceptors (Lipinski definition) is 6. The van der Waals surface area contributed by atoms with Crippen LogP contribution in [0.3, 0.4) is 0 Å². The van der Waals surface area contributed by atoms with E-state index >= 15 is 0 Å². The molecule has 1 aromatic carbocycles. The molecule has 1 aliphatic rings. The van der Waals surface area contributed by atoms with Crippen LogP contribution in [0.5, 0.6) is 0 Å². The molecular formula is C24H27ClFN7. The molecule has 7 nitrogen and oxygen atoms in total. The van der Waals surface area contributed by atoms with Crippen LogP contribution < -0.4 is 15.5 Å². The van der Waals surface area contributed by atoms with Gasteiger partial charge in [-0.25, -0.2) is 19.3 Å². The summed E-state index contributed by atoms with van der Waals surface area (Å²) < 4.78 is 16.8. The summed E-state index contributed by atoms with van der Waals surface area (Å²) in [4.78, 5) is 15.3. The van der Waals surface area contributed by atoms with E-state index in [9.17, 15) is 4.39 Å². The van der Waals surface area contributed by atoms with Gasteiger partial charge in [-0.15, -0.1) is 12.4 Å². The molecule has 4 aromatic rings. The summed E-state index contributed by atoms with van der Waals surface area (Å²) >= 11 is 0. The Bertz CT molecular complexity index is 1230. The van der Waals surface area contributed by atoms with Gasteiger partial charge >= 0.3 is 0 Å². The van der Waals surface area contributed by atoms with Gasteiger partial charge in [0.05, 0.1) is 18.1 Å². The number of nitrogens with zero attached hydrogens (tertiary/aromatic N) is 5. The van der Waals surface area contributed by atoms with Crippen molar-refractivity contribution >= 4 is 40.8 Å². The van der Waals surface area contributed by atoms with Crippen molar-refractivity contribution in [2.45, 2.75) is 19.9 Å². The number of pyridine rings is 1. The van der Waals surface area contributed by atoms with Crippen molar-refractivity contribution in [1.82, 2.24) is 24.8 Å². The van der Waals surface area contributed by atoms with Gasteiger partial charge in [0, 0.05) is 54.9 Å². The Morgan fingerprint density at radius 3 is 2.58 bits per heavy atom. The summed E-state index contributed by atoms with van der Waals surface area (Å²) in [6.07, 6.45) is 5.09. The molecule has 5 rings (SSSR count). The van der Waals surface area contributed by atoms with Gasteiger partial charge in [0.15, 0.2) is 5.82 Å². The summed E-state index contributed by atoms with van der Waals surface area (Å²) in [6.45, 7) is 8.15. The Balaban J connectivity index is 0.00000259. The first-order valence-corrected chi connectivity index (χ1v) is 10.9. The second kappa shape index (κ2) is 9.72. The van der Waals surface area contributed by atoms with Crippen molar-refractivity contribution in [2.24, 2.45) is 0 Å². The molecule has 0 bridgehead atoms. The second-order valence-corrected chi connectivity index (χ2v) is 8.24. The van der Waals surface area contributed by atoms with Crippen molar-refractivity contribution in [3.63, 3.8) is 0 Å². The highest BCUT2D eigenvalue weighted by atomic mass is 35.5. The van der Waals surface area contributed by atoms with Crippen molar-refractivity contribution in [1.29, 1.82) is 0 Å². The molecule has 0 radical (unpaired) electrons. The Kier molecular flexibility index (Phi) is 6.76. The number of fused-ring (bicyclic) bond motifs is 1. The third-order valence-corrected chi connectivity index (χ3v) is 5.76. The van der Waals surface area contributed by atoms with Gasteiger partial charge in [0.1, 0.15) is 11.5 Å². The lowest BCUT2D eigenvalue weighted by atomic mass is 10.1. The lowest BCUT2D eigenvalue weighted by Gasteiger charge is -2.29. The molecule has 0 amide bonds. The Hall–Kier alpha value is -3.23. The summed E-state index contributed by atoms with van der Waals surface area (Å²) in [6, 6.07) is 12.2. The molecule has 1 aliphatic heterocycles. The predicted octanol–water partition coefficient (Wildman–Crippen LogP) is 4.79. The van der Waals surface area contributed by atoms with Gasteiger partial charge in [-0.1, -0.05) is 6.07 Å². The van der Waals surface area contributed by atoms with Gasteiger partial charge in [-0.2, -0.15) is 0 Å². The Morgan fingerprint density at radius 2 is 1.85 bits per heavy atom. The molecule has 2 N–H and O–H groups in total. The molecule has 9 heteroatoms. The minimum absolute atomic E-state index is 0. The van der Waals surface area contributed by atoms with Gasteiger partial charge in [0.2, 0.25) is 5.95 Å².